The highest BCUT2D eigenvalue weighted by Crippen LogP contribution is 2.32. The molecule has 0 bridgehead atoms. The van der Waals surface area contributed by atoms with E-state index < -0.39 is 0 Å². The number of rotatable bonds is 4. The first-order valence-electron chi connectivity index (χ1n) is 10.9. The number of carbonyl (C=O) groups is 1. The average Bonchev–Trinajstić information content (AvgIpc) is 2.97. The number of hydrogen-bond donors (Lipinski definition) is 0. The lowest BCUT2D eigenvalue weighted by Crippen LogP contribution is -2.56. The number of amides is 1. The second-order valence-corrected chi connectivity index (χ2v) is 8.46. The predicted octanol–water partition coefficient (Wildman–Crippen LogP) is 4.66. The highest BCUT2D eigenvalue weighted by atomic mass is 16.5. The van der Waals surface area contributed by atoms with E-state index in [-0.39, 0.29) is 5.91 Å². The molecule has 2 aromatic rings. The molecule has 0 aromatic heterocycles. The maximum absolute atomic E-state index is 13.4. The molecule has 154 valence electrons. The Morgan fingerprint density at radius 1 is 1.00 bits per heavy atom. The molecule has 2 unspecified atom stereocenters. The summed E-state index contributed by atoms with van der Waals surface area (Å²) in [7, 11) is 1.65. The van der Waals surface area contributed by atoms with Gasteiger partial charge in [0.05, 0.1) is 7.11 Å². The molecule has 0 N–H and O–H groups in total. The first-order valence-corrected chi connectivity index (χ1v) is 10.9. The summed E-state index contributed by atoms with van der Waals surface area (Å²) in [4.78, 5) is 18.2. The van der Waals surface area contributed by atoms with Crippen molar-refractivity contribution in [1.82, 2.24) is 9.80 Å². The molecule has 0 aliphatic carbocycles. The van der Waals surface area contributed by atoms with Crippen molar-refractivity contribution in [3.05, 3.63) is 65.2 Å². The summed E-state index contributed by atoms with van der Waals surface area (Å²) in [5.74, 6) is 0.891. The second kappa shape index (κ2) is 9.00. The largest absolute Gasteiger partial charge is 0.497 e. The number of aryl methyl sites for hydroxylation is 1. The van der Waals surface area contributed by atoms with Crippen LogP contribution in [-0.4, -0.2) is 48.0 Å². The highest BCUT2D eigenvalue weighted by Gasteiger charge is 2.38. The minimum atomic E-state index is 0.149. The molecule has 2 aliphatic rings. The van der Waals surface area contributed by atoms with Crippen LogP contribution in [0.25, 0.3) is 0 Å². The molecule has 2 saturated heterocycles. The number of piperidine rings is 1. The van der Waals surface area contributed by atoms with Crippen LogP contribution < -0.4 is 4.74 Å². The van der Waals surface area contributed by atoms with Crippen LogP contribution >= 0.6 is 0 Å². The molecule has 2 aromatic carbocycles. The number of likely N-dealkylation sites (tertiary alicyclic amines) is 2. The Morgan fingerprint density at radius 3 is 2.59 bits per heavy atom. The van der Waals surface area contributed by atoms with Crippen LogP contribution in [0.15, 0.2) is 48.5 Å². The molecule has 1 amide bonds. The summed E-state index contributed by atoms with van der Waals surface area (Å²) in [5.41, 5.74) is 3.40. The molecule has 2 heterocycles. The summed E-state index contributed by atoms with van der Waals surface area (Å²) in [6.45, 7) is 5.09. The second-order valence-electron chi connectivity index (χ2n) is 8.46. The van der Waals surface area contributed by atoms with Crippen molar-refractivity contribution in [1.29, 1.82) is 0 Å². The van der Waals surface area contributed by atoms with Crippen molar-refractivity contribution in [2.45, 2.75) is 57.7 Å². The zero-order valence-corrected chi connectivity index (χ0v) is 17.6. The molecular weight excluding hydrogens is 360 g/mol. The predicted molar refractivity (Wildman–Crippen MR) is 116 cm³/mol. The maximum atomic E-state index is 13.4. The van der Waals surface area contributed by atoms with E-state index in [4.69, 9.17) is 4.74 Å². The molecule has 2 aliphatic heterocycles. The topological polar surface area (TPSA) is 32.8 Å². The molecule has 0 spiro atoms. The quantitative estimate of drug-likeness (QED) is 0.758. The molecule has 4 heteroatoms. The molecule has 4 rings (SSSR count). The van der Waals surface area contributed by atoms with Gasteiger partial charge in [0.1, 0.15) is 5.75 Å². The standard InChI is InChI=1S/C25H32N2O2/c1-19-11-13-20(14-12-19)18-26-15-4-3-9-24-23(26)10-6-16-27(24)25(28)21-7-5-8-22(17-21)29-2/h5,7-8,11-14,17,23-24H,3-4,6,9-10,15-16,18H2,1-2H3. The van der Waals surface area contributed by atoms with Crippen molar-refractivity contribution in [2.24, 2.45) is 0 Å². The van der Waals surface area contributed by atoms with E-state index in [2.05, 4.69) is 41.0 Å². The zero-order chi connectivity index (χ0) is 20.2. The fourth-order valence-electron chi connectivity index (χ4n) is 4.94. The van der Waals surface area contributed by atoms with Crippen LogP contribution in [0, 0.1) is 6.92 Å². The van der Waals surface area contributed by atoms with Gasteiger partial charge in [0.15, 0.2) is 0 Å². The number of ether oxygens (including phenoxy) is 1. The van der Waals surface area contributed by atoms with Crippen molar-refractivity contribution >= 4 is 5.91 Å². The van der Waals surface area contributed by atoms with Crippen LogP contribution in [0.5, 0.6) is 5.75 Å². The zero-order valence-electron chi connectivity index (χ0n) is 17.6. The summed E-state index contributed by atoms with van der Waals surface area (Å²) < 4.78 is 5.33. The Balaban J connectivity index is 1.55. The molecule has 4 nitrogen and oxygen atoms in total. The SMILES string of the molecule is COc1cccc(C(=O)N2CCCC3C2CCCCN3Cc2ccc(C)cc2)c1. The normalized spacial score (nSPS) is 22.6. The van der Waals surface area contributed by atoms with Crippen LogP contribution in [0.3, 0.4) is 0 Å². The Bertz CT molecular complexity index is 833. The van der Waals surface area contributed by atoms with E-state index in [9.17, 15) is 4.79 Å². The minimum Gasteiger partial charge on any atom is -0.497 e. The Morgan fingerprint density at radius 2 is 1.79 bits per heavy atom. The minimum absolute atomic E-state index is 0.149. The number of benzene rings is 2. The van der Waals surface area contributed by atoms with Gasteiger partial charge in [-0.05, 0) is 62.9 Å². The van der Waals surface area contributed by atoms with Crippen molar-refractivity contribution in [3.8, 4) is 5.75 Å². The van der Waals surface area contributed by atoms with Crippen LogP contribution in [0.1, 0.15) is 53.6 Å². The molecule has 0 radical (unpaired) electrons. The van der Waals surface area contributed by atoms with Crippen molar-refractivity contribution in [3.63, 3.8) is 0 Å². The smallest absolute Gasteiger partial charge is 0.254 e. The Labute approximate surface area is 174 Å². The van der Waals surface area contributed by atoms with E-state index in [1.54, 1.807) is 7.11 Å². The van der Waals surface area contributed by atoms with E-state index in [0.717, 1.165) is 43.8 Å². The first kappa shape index (κ1) is 20.0. The average molecular weight is 393 g/mol. The monoisotopic (exact) mass is 392 g/mol. The Hall–Kier alpha value is -2.33. The van der Waals surface area contributed by atoms with Crippen molar-refractivity contribution < 1.29 is 9.53 Å². The summed E-state index contributed by atoms with van der Waals surface area (Å²) in [5, 5.41) is 0. The third-order valence-electron chi connectivity index (χ3n) is 6.49. The van der Waals surface area contributed by atoms with Crippen LogP contribution in [-0.2, 0) is 6.54 Å². The molecule has 2 atom stereocenters. The van der Waals surface area contributed by atoms with E-state index in [0.29, 0.717) is 12.1 Å². The van der Waals surface area contributed by atoms with E-state index in [1.807, 2.05) is 24.3 Å². The molecule has 29 heavy (non-hydrogen) atoms. The van der Waals surface area contributed by atoms with E-state index >= 15 is 0 Å². The maximum Gasteiger partial charge on any atom is 0.254 e. The summed E-state index contributed by atoms with van der Waals surface area (Å²) in [6, 6.07) is 17.2. The number of carbonyl (C=O) groups excluding carboxylic acids is 1. The number of hydrogen-bond acceptors (Lipinski definition) is 3. The number of methoxy groups -OCH3 is 1. The lowest BCUT2D eigenvalue weighted by molar-refractivity contribution is 0.0318. The lowest BCUT2D eigenvalue weighted by atomic mass is 9.91. The Kier molecular flexibility index (Phi) is 6.19. The van der Waals surface area contributed by atoms with Gasteiger partial charge in [0.2, 0.25) is 0 Å². The van der Waals surface area contributed by atoms with Crippen molar-refractivity contribution in [2.75, 3.05) is 20.2 Å². The highest BCUT2D eigenvalue weighted by molar-refractivity contribution is 5.95. The van der Waals surface area contributed by atoms with Gasteiger partial charge in [-0.1, -0.05) is 42.3 Å². The number of fused-ring (bicyclic) bond motifs is 1. The number of nitrogens with zero attached hydrogens (tertiary/aromatic N) is 2. The van der Waals surface area contributed by atoms with Gasteiger partial charge >= 0.3 is 0 Å². The van der Waals surface area contributed by atoms with Gasteiger partial charge in [-0.15, -0.1) is 0 Å². The molecular formula is C25H32N2O2. The van der Waals surface area contributed by atoms with E-state index in [1.165, 1.54) is 30.4 Å². The molecule has 0 saturated carbocycles. The molecule has 2 fully saturated rings. The summed E-state index contributed by atoms with van der Waals surface area (Å²) in [6.07, 6.45) is 5.75. The summed E-state index contributed by atoms with van der Waals surface area (Å²) >= 11 is 0. The third kappa shape index (κ3) is 4.48. The van der Waals surface area contributed by atoms with Crippen LogP contribution in [0.2, 0.25) is 0 Å². The van der Waals surface area contributed by atoms with Gasteiger partial charge < -0.3 is 9.64 Å². The fraction of sp³-hybridized carbons (Fsp3) is 0.480. The van der Waals surface area contributed by atoms with Gasteiger partial charge in [0.25, 0.3) is 5.91 Å². The van der Waals surface area contributed by atoms with Gasteiger partial charge in [-0.25, -0.2) is 0 Å². The third-order valence-corrected chi connectivity index (χ3v) is 6.49. The van der Waals surface area contributed by atoms with Gasteiger partial charge in [-0.2, -0.15) is 0 Å². The first-order chi connectivity index (χ1) is 14.2. The lowest BCUT2D eigenvalue weighted by Gasteiger charge is -2.45. The van der Waals surface area contributed by atoms with Gasteiger partial charge in [-0.3, -0.25) is 9.69 Å². The fourth-order valence-corrected chi connectivity index (χ4v) is 4.94. The van der Waals surface area contributed by atoms with Gasteiger partial charge in [0, 0.05) is 30.7 Å². The van der Waals surface area contributed by atoms with Crippen LogP contribution in [0.4, 0.5) is 0 Å².